The fraction of sp³-hybridized carbons (Fsp3) is 1.00. The number of rotatable bonds is 0. The minimum atomic E-state index is 0.565. The van der Waals surface area contributed by atoms with Crippen molar-refractivity contribution in [3.05, 3.63) is 0 Å². The summed E-state index contributed by atoms with van der Waals surface area (Å²) in [4.78, 5) is 0. The normalized spacial score (nSPS) is 33.0. The SMILES string of the molecule is CC(C)(C)C1CC12CCCCC2.CC(C)(C)C1CC2(CCCC2)C1.CC(C)(C)C1CCC12CCCC2.CC(C)(C)C1CCC2(CC1)CC2.CC(C)(C)C1CCC2(CCC2)C1.CC(C)(C)C1CCCC2(CC2)C1. The van der Waals surface area contributed by atoms with Crippen LogP contribution in [0.3, 0.4) is 0 Å². The maximum Gasteiger partial charge on any atom is -0.0261 e. The molecule has 6 spiro atoms. The monoisotopic (exact) mass is 997 g/mol. The maximum absolute atomic E-state index is 2.43. The Balaban J connectivity index is 0.000000127. The van der Waals surface area contributed by atoms with Gasteiger partial charge < -0.3 is 0 Å². The summed E-state index contributed by atoms with van der Waals surface area (Å²) in [6.07, 6.45) is 54.9. The van der Waals surface area contributed by atoms with Crippen LogP contribution in [0.4, 0.5) is 0 Å². The zero-order valence-corrected chi connectivity index (χ0v) is 52.9. The number of hydrogen-bond acceptors (Lipinski definition) is 0. The maximum atomic E-state index is 2.43. The van der Waals surface area contributed by atoms with Crippen molar-refractivity contribution in [3.63, 3.8) is 0 Å². The highest BCUT2D eigenvalue weighted by atomic mass is 14.6. The van der Waals surface area contributed by atoms with Gasteiger partial charge in [-0.15, -0.1) is 0 Å². The van der Waals surface area contributed by atoms with Crippen molar-refractivity contribution in [2.75, 3.05) is 0 Å². The van der Waals surface area contributed by atoms with E-state index >= 15 is 0 Å². The summed E-state index contributed by atoms with van der Waals surface area (Å²) in [5.41, 5.74) is 8.50. The van der Waals surface area contributed by atoms with Crippen LogP contribution in [-0.4, -0.2) is 0 Å². The molecule has 420 valence electrons. The lowest BCUT2D eigenvalue weighted by molar-refractivity contribution is -0.0410. The molecule has 0 aromatic heterocycles. The minimum Gasteiger partial charge on any atom is -0.0599 e. The summed E-state index contributed by atoms with van der Waals surface area (Å²) in [5.74, 6) is 6.13. The Morgan fingerprint density at radius 1 is 0.208 bits per heavy atom. The van der Waals surface area contributed by atoms with Gasteiger partial charge in [0.2, 0.25) is 0 Å². The van der Waals surface area contributed by atoms with E-state index in [9.17, 15) is 0 Å². The second-order valence-electron chi connectivity index (χ2n) is 36.7. The first-order valence-corrected chi connectivity index (χ1v) is 33.2. The van der Waals surface area contributed by atoms with Crippen molar-refractivity contribution < 1.29 is 0 Å². The zero-order chi connectivity index (χ0) is 52.9. The van der Waals surface area contributed by atoms with Gasteiger partial charge in [-0.3, -0.25) is 0 Å². The highest BCUT2D eigenvalue weighted by Gasteiger charge is 2.58. The van der Waals surface area contributed by atoms with Gasteiger partial charge in [-0.25, -0.2) is 0 Å². The van der Waals surface area contributed by atoms with Gasteiger partial charge in [0.1, 0.15) is 0 Å². The minimum absolute atomic E-state index is 0.565. The largest absolute Gasteiger partial charge is 0.0599 e. The van der Waals surface area contributed by atoms with E-state index in [2.05, 4.69) is 125 Å². The molecule has 0 bridgehead atoms. The van der Waals surface area contributed by atoms with E-state index in [1.807, 2.05) is 0 Å². The second kappa shape index (κ2) is 21.9. The Bertz CT molecular complexity index is 1630. The van der Waals surface area contributed by atoms with Crippen molar-refractivity contribution in [2.24, 2.45) is 100 Å². The van der Waals surface area contributed by atoms with Crippen molar-refractivity contribution in [1.29, 1.82) is 0 Å². The lowest BCUT2D eigenvalue weighted by atomic mass is 9.51. The van der Waals surface area contributed by atoms with Crippen molar-refractivity contribution in [1.82, 2.24) is 0 Å². The summed E-state index contributed by atoms with van der Waals surface area (Å²) in [6.45, 7) is 43.4. The van der Waals surface area contributed by atoms with Crippen molar-refractivity contribution >= 4 is 0 Å². The highest BCUT2D eigenvalue weighted by Crippen LogP contribution is 2.68. The molecular formula is C72H132. The quantitative estimate of drug-likeness (QED) is 0.227. The van der Waals surface area contributed by atoms with Gasteiger partial charge in [0, 0.05) is 0 Å². The molecule has 72 heavy (non-hydrogen) atoms. The Kier molecular flexibility index (Phi) is 18.2. The summed E-state index contributed by atoms with van der Waals surface area (Å²) < 4.78 is 0. The predicted molar refractivity (Wildman–Crippen MR) is 318 cm³/mol. The van der Waals surface area contributed by atoms with Gasteiger partial charge in [0.15, 0.2) is 0 Å². The molecule has 0 radical (unpaired) electrons. The lowest BCUT2D eigenvalue weighted by Gasteiger charge is -2.54. The third-order valence-electron chi connectivity index (χ3n) is 25.3. The molecule has 12 fully saturated rings. The molecule has 12 aliphatic rings. The van der Waals surface area contributed by atoms with Gasteiger partial charge in [-0.1, -0.05) is 182 Å². The van der Waals surface area contributed by atoms with Gasteiger partial charge in [0.05, 0.1) is 0 Å². The predicted octanol–water partition coefficient (Wildman–Crippen LogP) is 24.0. The van der Waals surface area contributed by atoms with Crippen LogP contribution in [-0.2, 0) is 0 Å². The van der Waals surface area contributed by atoms with E-state index in [1.54, 1.807) is 57.8 Å². The molecule has 12 aliphatic carbocycles. The molecule has 12 saturated carbocycles. The van der Waals surface area contributed by atoms with Crippen LogP contribution >= 0.6 is 0 Å². The van der Waals surface area contributed by atoms with E-state index in [0.717, 1.165) is 68.0 Å². The van der Waals surface area contributed by atoms with E-state index in [0.29, 0.717) is 32.5 Å². The van der Waals surface area contributed by atoms with Crippen LogP contribution in [0.15, 0.2) is 0 Å². The fourth-order valence-electron chi connectivity index (χ4n) is 18.9. The molecule has 0 aromatic rings. The van der Waals surface area contributed by atoms with Crippen LogP contribution < -0.4 is 0 Å². The molecule has 0 amide bonds. The van der Waals surface area contributed by atoms with Crippen LogP contribution in [0.5, 0.6) is 0 Å². The summed E-state index contributed by atoms with van der Waals surface area (Å²) in [5, 5.41) is 0. The molecule has 12 rings (SSSR count). The number of hydrogen-bond donors (Lipinski definition) is 0. The molecule has 0 aliphatic heterocycles. The van der Waals surface area contributed by atoms with E-state index in [-0.39, 0.29) is 0 Å². The topological polar surface area (TPSA) is 0 Å². The van der Waals surface area contributed by atoms with E-state index in [1.165, 1.54) is 173 Å². The average Bonchev–Trinajstić information content (AvgIpc) is 4.09. The molecule has 4 atom stereocenters. The molecule has 0 saturated heterocycles. The summed E-state index contributed by atoms with van der Waals surface area (Å²) in [6, 6.07) is 0. The van der Waals surface area contributed by atoms with Gasteiger partial charge >= 0.3 is 0 Å². The van der Waals surface area contributed by atoms with Crippen LogP contribution in [0.25, 0.3) is 0 Å². The van der Waals surface area contributed by atoms with E-state index < -0.39 is 0 Å². The molecular weight excluding hydrogens is 865 g/mol. The third kappa shape index (κ3) is 15.2. The summed E-state index contributed by atoms with van der Waals surface area (Å²) >= 11 is 0. The smallest absolute Gasteiger partial charge is 0.0261 e. The van der Waals surface area contributed by atoms with Gasteiger partial charge in [-0.05, 0) is 274 Å². The van der Waals surface area contributed by atoms with Crippen LogP contribution in [0.2, 0.25) is 0 Å². The lowest BCUT2D eigenvalue weighted by Crippen LogP contribution is -2.45. The first-order chi connectivity index (χ1) is 33.2. The van der Waals surface area contributed by atoms with Gasteiger partial charge in [-0.2, -0.15) is 0 Å². The molecule has 0 nitrogen and oxygen atoms in total. The third-order valence-corrected chi connectivity index (χ3v) is 25.3. The highest BCUT2D eigenvalue weighted by molar-refractivity contribution is 5.08. The Hall–Kier alpha value is 0. The molecule has 0 heteroatoms. The van der Waals surface area contributed by atoms with Crippen LogP contribution in [0.1, 0.15) is 356 Å². The Labute approximate surface area is 454 Å². The fourth-order valence-corrected chi connectivity index (χ4v) is 18.9. The zero-order valence-electron chi connectivity index (χ0n) is 52.9. The van der Waals surface area contributed by atoms with Gasteiger partial charge in [0.25, 0.3) is 0 Å². The molecule has 0 N–H and O–H groups in total. The van der Waals surface area contributed by atoms with Crippen molar-refractivity contribution in [3.8, 4) is 0 Å². The second-order valence-corrected chi connectivity index (χ2v) is 36.7. The first kappa shape index (κ1) is 59.7. The summed E-state index contributed by atoms with van der Waals surface area (Å²) in [7, 11) is 0. The average molecular weight is 998 g/mol. The van der Waals surface area contributed by atoms with Crippen LogP contribution in [0, 0.1) is 100 Å². The van der Waals surface area contributed by atoms with Crippen molar-refractivity contribution in [2.45, 2.75) is 356 Å². The van der Waals surface area contributed by atoms with E-state index in [4.69, 9.17) is 0 Å². The first-order valence-electron chi connectivity index (χ1n) is 33.2. The molecule has 0 aromatic carbocycles. The standard InChI is InChI=1S/6C12H22/c1-11(2,3)10-4-6-12(7-5-10)8-9-12;1-11(2,3)10-5-8-12(9-10)6-4-7-12;1-11(2,3)10-6-9-12(10)7-4-5-8-12;1-11(2,3)10-5-4-6-12(9-10)7-8-12;1-11(2,3)10-8-12(9-10)6-4-5-7-12;1-11(2,3)10-9-12(10)7-5-4-6-8-12/h6*10H,4-9H2,1-3H3. The Morgan fingerprint density at radius 3 is 0.931 bits per heavy atom. The molecule has 4 unspecified atom stereocenters. The molecule has 0 heterocycles. The Morgan fingerprint density at radius 2 is 0.569 bits per heavy atom.